The van der Waals surface area contributed by atoms with E-state index in [0.717, 1.165) is 50.5 Å². The highest BCUT2D eigenvalue weighted by Gasteiger charge is 2.12. The molecule has 0 spiro atoms. The van der Waals surface area contributed by atoms with Gasteiger partial charge < -0.3 is 33.9 Å². The Morgan fingerprint density at radius 3 is 1.38 bits per heavy atom. The van der Waals surface area contributed by atoms with Gasteiger partial charge in [-0.05, 0) is 95.9 Å². The van der Waals surface area contributed by atoms with Crippen LogP contribution in [0.2, 0.25) is 0 Å². The fourth-order valence-electron chi connectivity index (χ4n) is 3.99. The highest BCUT2D eigenvalue weighted by molar-refractivity contribution is 9.10. The Hall–Kier alpha value is -2.96. The van der Waals surface area contributed by atoms with E-state index in [-0.39, 0.29) is 23.8 Å². The Morgan fingerprint density at radius 2 is 1.08 bits per heavy atom. The quantitative estimate of drug-likeness (QED) is 0.0908. The molecule has 292 valence electrons. The number of aliphatic hydroxyl groups is 1. The molecule has 0 radical (unpaired) electrons. The van der Waals surface area contributed by atoms with Gasteiger partial charge in [-0.15, -0.1) is 36.4 Å². The molecule has 0 bridgehead atoms. The molecule has 0 unspecified atom stereocenters. The van der Waals surface area contributed by atoms with Gasteiger partial charge >= 0.3 is 11.9 Å². The van der Waals surface area contributed by atoms with Crippen LogP contribution in [-0.4, -0.2) is 68.1 Å². The van der Waals surface area contributed by atoms with E-state index in [9.17, 15) is 14.7 Å². The predicted molar refractivity (Wildman–Crippen MR) is 221 cm³/mol. The van der Waals surface area contributed by atoms with Crippen LogP contribution in [0.5, 0.6) is 23.0 Å². The molecule has 0 aliphatic heterocycles. The molecule has 2 rings (SSSR count). The summed E-state index contributed by atoms with van der Waals surface area (Å²) in [6.45, 7) is 14.9. The van der Waals surface area contributed by atoms with E-state index in [1.807, 2.05) is 57.2 Å². The van der Waals surface area contributed by atoms with E-state index in [2.05, 4.69) is 45.0 Å². The van der Waals surface area contributed by atoms with Crippen LogP contribution in [0.3, 0.4) is 0 Å². The highest BCUT2D eigenvalue weighted by Crippen LogP contribution is 2.35. The van der Waals surface area contributed by atoms with Crippen molar-refractivity contribution in [3.05, 3.63) is 80.8 Å². The maximum atomic E-state index is 11.8. The Labute approximate surface area is 336 Å². The van der Waals surface area contributed by atoms with Gasteiger partial charge in [0.15, 0.2) is 0 Å². The maximum Gasteiger partial charge on any atom is 0.306 e. The SMILES string of the molecule is C=C(C)CCCC(=O)O.C=C(C)CCCC(=O)O[C@@H](C)/C=C/c1c(OC)cc(Br)cc1OC.COc1cc(Br)cc(OC)c1/C=C/[C@H](C)O.ClCCl. The van der Waals surface area contributed by atoms with Gasteiger partial charge in [0.1, 0.15) is 29.1 Å². The summed E-state index contributed by atoms with van der Waals surface area (Å²) in [6, 6.07) is 7.42. The summed E-state index contributed by atoms with van der Waals surface area (Å²) in [7, 11) is 6.40. The molecule has 13 heteroatoms. The Morgan fingerprint density at radius 1 is 0.731 bits per heavy atom. The van der Waals surface area contributed by atoms with Gasteiger partial charge in [-0.1, -0.05) is 49.1 Å². The van der Waals surface area contributed by atoms with Crippen molar-refractivity contribution < 1.29 is 43.5 Å². The molecule has 2 atom stereocenters. The van der Waals surface area contributed by atoms with Gasteiger partial charge in [-0.25, -0.2) is 0 Å². The van der Waals surface area contributed by atoms with Crippen molar-refractivity contribution in [2.75, 3.05) is 33.8 Å². The minimum atomic E-state index is -0.726. The smallest absolute Gasteiger partial charge is 0.306 e. The maximum absolute atomic E-state index is 11.8. The summed E-state index contributed by atoms with van der Waals surface area (Å²) in [5, 5.41) is 17.6. The third kappa shape index (κ3) is 25.1. The normalized spacial score (nSPS) is 11.4. The molecule has 0 aliphatic carbocycles. The average molecular weight is 898 g/mol. The third-order valence-electron chi connectivity index (χ3n) is 6.39. The lowest BCUT2D eigenvalue weighted by molar-refractivity contribution is -0.146. The van der Waals surface area contributed by atoms with E-state index >= 15 is 0 Å². The number of esters is 1. The first-order valence-electron chi connectivity index (χ1n) is 16.2. The molecule has 0 heterocycles. The first-order chi connectivity index (χ1) is 24.5. The predicted octanol–water partition coefficient (Wildman–Crippen LogP) is 11.3. The van der Waals surface area contributed by atoms with E-state index < -0.39 is 12.1 Å². The van der Waals surface area contributed by atoms with Crippen LogP contribution < -0.4 is 18.9 Å². The second kappa shape index (κ2) is 30.5. The van der Waals surface area contributed by atoms with Crippen LogP contribution in [0.15, 0.2) is 69.7 Å². The van der Waals surface area contributed by atoms with Crippen molar-refractivity contribution in [2.24, 2.45) is 0 Å². The first kappa shape index (κ1) is 51.1. The molecule has 9 nitrogen and oxygen atoms in total. The van der Waals surface area contributed by atoms with Gasteiger partial charge in [0.25, 0.3) is 0 Å². The van der Waals surface area contributed by atoms with Gasteiger partial charge in [0, 0.05) is 21.8 Å². The van der Waals surface area contributed by atoms with Crippen molar-refractivity contribution in [1.29, 1.82) is 0 Å². The van der Waals surface area contributed by atoms with Crippen molar-refractivity contribution in [2.45, 2.75) is 78.4 Å². The number of carboxylic acid groups (broad SMARTS) is 1. The van der Waals surface area contributed by atoms with Crippen LogP contribution >= 0.6 is 55.1 Å². The summed E-state index contributed by atoms with van der Waals surface area (Å²) in [4.78, 5) is 21.7. The highest BCUT2D eigenvalue weighted by atomic mass is 79.9. The molecule has 0 saturated heterocycles. The molecular formula is C39H54Br2Cl2O9. The number of allylic oxidation sites excluding steroid dienone is 2. The fourth-order valence-corrected chi connectivity index (χ4v) is 4.82. The molecular weight excluding hydrogens is 843 g/mol. The van der Waals surface area contributed by atoms with Crippen LogP contribution in [0.25, 0.3) is 12.2 Å². The van der Waals surface area contributed by atoms with E-state index in [1.165, 1.54) is 0 Å². The zero-order chi connectivity index (χ0) is 40.2. The number of carbonyl (C=O) groups excluding carboxylic acids is 1. The molecule has 0 fully saturated rings. The van der Waals surface area contributed by atoms with Crippen molar-refractivity contribution in [3.63, 3.8) is 0 Å². The van der Waals surface area contributed by atoms with Crippen LogP contribution in [0, 0.1) is 0 Å². The fraction of sp³-hybridized carbons (Fsp3) is 0.436. The largest absolute Gasteiger partial charge is 0.496 e. The molecule has 0 amide bonds. The lowest BCUT2D eigenvalue weighted by atomic mass is 10.1. The molecule has 52 heavy (non-hydrogen) atoms. The number of carboxylic acids is 1. The van der Waals surface area contributed by atoms with Gasteiger partial charge in [0.05, 0.1) is 51.0 Å². The van der Waals surface area contributed by atoms with Gasteiger partial charge in [-0.2, -0.15) is 0 Å². The minimum absolute atomic E-state index is 0.194. The topological polar surface area (TPSA) is 121 Å². The lowest BCUT2D eigenvalue weighted by Crippen LogP contribution is -2.12. The Balaban J connectivity index is 0. The lowest BCUT2D eigenvalue weighted by Gasteiger charge is -2.12. The number of ether oxygens (including phenoxy) is 5. The Kier molecular flexibility index (Phi) is 30.0. The van der Waals surface area contributed by atoms with Gasteiger partial charge in [-0.3, -0.25) is 9.59 Å². The first-order valence-corrected chi connectivity index (χ1v) is 18.8. The Bertz CT molecular complexity index is 1380. The number of aliphatic hydroxyl groups excluding tert-OH is 1. The average Bonchev–Trinajstić information content (AvgIpc) is 3.06. The number of benzene rings is 2. The summed E-state index contributed by atoms with van der Waals surface area (Å²) < 4.78 is 28.4. The summed E-state index contributed by atoms with van der Waals surface area (Å²) in [6.07, 6.45) is 10.1. The summed E-state index contributed by atoms with van der Waals surface area (Å²) >= 11 is 16.3. The summed E-state index contributed by atoms with van der Waals surface area (Å²) in [5.41, 5.74) is 3.74. The van der Waals surface area contributed by atoms with Crippen molar-refractivity contribution in [1.82, 2.24) is 0 Å². The van der Waals surface area contributed by atoms with E-state index in [1.54, 1.807) is 47.5 Å². The number of hydrogen-bond donors (Lipinski definition) is 2. The number of aliphatic carboxylic acids is 1. The number of rotatable bonds is 17. The number of carbonyl (C=O) groups is 2. The van der Waals surface area contributed by atoms with E-state index in [4.69, 9.17) is 52.0 Å². The molecule has 2 aromatic rings. The zero-order valence-corrected chi connectivity index (χ0v) is 36.1. The number of methoxy groups -OCH3 is 4. The van der Waals surface area contributed by atoms with Crippen molar-refractivity contribution in [3.8, 4) is 23.0 Å². The second-order valence-electron chi connectivity index (χ2n) is 11.2. The second-order valence-corrected chi connectivity index (χ2v) is 13.9. The molecule has 0 aromatic heterocycles. The monoisotopic (exact) mass is 894 g/mol. The van der Waals surface area contributed by atoms with Gasteiger partial charge in [0.2, 0.25) is 0 Å². The molecule has 2 aromatic carbocycles. The van der Waals surface area contributed by atoms with Crippen molar-refractivity contribution >= 4 is 79.2 Å². The molecule has 0 aliphatic rings. The van der Waals surface area contributed by atoms with Crippen LogP contribution in [-0.2, 0) is 14.3 Å². The van der Waals surface area contributed by atoms with Crippen LogP contribution in [0.1, 0.15) is 77.3 Å². The number of alkyl halides is 2. The molecule has 0 saturated carbocycles. The number of hydrogen-bond acceptors (Lipinski definition) is 8. The van der Waals surface area contributed by atoms with E-state index in [0.29, 0.717) is 35.8 Å². The number of halogens is 4. The summed E-state index contributed by atoms with van der Waals surface area (Å²) in [5.74, 6) is 1.82. The zero-order valence-electron chi connectivity index (χ0n) is 31.4. The third-order valence-corrected chi connectivity index (χ3v) is 7.30. The standard InChI is InChI=1S/C19H25BrO4.C12H15BrO3.C7H12O2.CH2Cl2/c1-13(2)7-6-8-19(21)24-14(3)9-10-16-17(22-4)11-15(20)12-18(16)23-5;1-8(14)4-5-10-11(15-2)6-9(13)7-12(10)16-3;1-6(2)4-3-5-7(8)9;2-1-3/h9-12,14H,1,6-8H2,2-5H3;4-8,14H,1-3H3;1,3-5H2,2H3,(H,8,9);1H2/b10-9+;5-4+;;/t14-;8-;;/m00../s1. The minimum Gasteiger partial charge on any atom is -0.496 e. The van der Waals surface area contributed by atoms with Crippen LogP contribution in [0.4, 0.5) is 0 Å². The molecule has 2 N–H and O–H groups in total.